The van der Waals surface area contributed by atoms with Crippen molar-refractivity contribution in [3.8, 4) is 5.75 Å². The average Bonchev–Trinajstić information content (AvgIpc) is 3.31. The van der Waals surface area contributed by atoms with Gasteiger partial charge in [0.2, 0.25) is 0 Å². The standard InChI is InChI=1S/C33H49NO5/c1-6-37-31-17-12-16-29(30(31)15-10-11-18-32(36)38-7-2)24(3)39-23-28(35)22-34-33(4,5)21-25-19-26-13-8-9-14-27(26)20-25/h8-9,12-14,16-17,24-25,28,34-35H,6-7,10-11,15,18-23H2,1-5H3/t24-,28-/m1/s1. The van der Waals surface area contributed by atoms with Gasteiger partial charge >= 0.3 is 5.97 Å². The van der Waals surface area contributed by atoms with Crippen LogP contribution in [0.15, 0.2) is 42.5 Å². The molecule has 0 heterocycles. The number of aliphatic hydroxyl groups excluding tert-OH is 1. The maximum absolute atomic E-state index is 11.7. The highest BCUT2D eigenvalue weighted by Gasteiger charge is 2.28. The van der Waals surface area contributed by atoms with E-state index >= 15 is 0 Å². The van der Waals surface area contributed by atoms with Gasteiger partial charge in [-0.3, -0.25) is 4.79 Å². The summed E-state index contributed by atoms with van der Waals surface area (Å²) in [6.45, 7) is 12.0. The molecule has 6 nitrogen and oxygen atoms in total. The van der Waals surface area contributed by atoms with Gasteiger partial charge in [0.25, 0.3) is 0 Å². The van der Waals surface area contributed by atoms with Crippen LogP contribution >= 0.6 is 0 Å². The van der Waals surface area contributed by atoms with Gasteiger partial charge in [-0.15, -0.1) is 0 Å². The molecule has 0 amide bonds. The Hall–Kier alpha value is -2.41. The smallest absolute Gasteiger partial charge is 0.305 e. The first-order chi connectivity index (χ1) is 18.7. The van der Waals surface area contributed by atoms with Crippen LogP contribution in [0.2, 0.25) is 0 Å². The summed E-state index contributed by atoms with van der Waals surface area (Å²) in [5, 5.41) is 14.3. The molecule has 2 atom stereocenters. The Bertz CT molecular complexity index is 1010. The van der Waals surface area contributed by atoms with Crippen LogP contribution in [0.1, 0.15) is 88.7 Å². The Morgan fingerprint density at radius 3 is 2.44 bits per heavy atom. The second kappa shape index (κ2) is 15.4. The number of hydrogen-bond acceptors (Lipinski definition) is 6. The molecule has 2 aromatic rings. The monoisotopic (exact) mass is 539 g/mol. The van der Waals surface area contributed by atoms with Crippen LogP contribution in [0.25, 0.3) is 0 Å². The summed E-state index contributed by atoms with van der Waals surface area (Å²) in [5.41, 5.74) is 5.07. The van der Waals surface area contributed by atoms with E-state index in [0.29, 0.717) is 32.1 Å². The van der Waals surface area contributed by atoms with Crippen molar-refractivity contribution in [2.24, 2.45) is 5.92 Å². The lowest BCUT2D eigenvalue weighted by Crippen LogP contribution is -2.45. The number of unbranched alkanes of at least 4 members (excludes halogenated alkanes) is 1. The molecule has 0 bridgehead atoms. The highest BCUT2D eigenvalue weighted by molar-refractivity contribution is 5.69. The van der Waals surface area contributed by atoms with E-state index in [9.17, 15) is 9.90 Å². The molecule has 2 N–H and O–H groups in total. The largest absolute Gasteiger partial charge is 0.494 e. The van der Waals surface area contributed by atoms with Gasteiger partial charge in [-0.25, -0.2) is 0 Å². The maximum Gasteiger partial charge on any atom is 0.305 e. The normalized spacial score (nSPS) is 15.1. The summed E-state index contributed by atoms with van der Waals surface area (Å²) in [4.78, 5) is 11.7. The van der Waals surface area contributed by atoms with Crippen LogP contribution in [0, 0.1) is 5.92 Å². The molecule has 2 aromatic carbocycles. The molecule has 0 spiro atoms. The number of benzene rings is 2. The quantitative estimate of drug-likeness (QED) is 0.190. The molecule has 6 heteroatoms. The lowest BCUT2D eigenvalue weighted by Gasteiger charge is -2.31. The number of carbonyl (C=O) groups excluding carboxylic acids is 1. The van der Waals surface area contributed by atoms with Crippen molar-refractivity contribution in [3.05, 3.63) is 64.7 Å². The van der Waals surface area contributed by atoms with E-state index in [1.165, 1.54) is 11.1 Å². The van der Waals surface area contributed by atoms with Gasteiger partial charge in [0.15, 0.2) is 0 Å². The highest BCUT2D eigenvalue weighted by Crippen LogP contribution is 2.32. The van der Waals surface area contributed by atoms with Crippen LogP contribution < -0.4 is 10.1 Å². The van der Waals surface area contributed by atoms with Crippen LogP contribution in [0.4, 0.5) is 0 Å². The first kappa shape index (κ1) is 31.1. The maximum atomic E-state index is 11.7. The van der Waals surface area contributed by atoms with Crippen molar-refractivity contribution >= 4 is 5.97 Å². The lowest BCUT2D eigenvalue weighted by atomic mass is 9.88. The summed E-state index contributed by atoms with van der Waals surface area (Å²) >= 11 is 0. The van der Waals surface area contributed by atoms with Gasteiger partial charge in [-0.05, 0) is 107 Å². The zero-order valence-electron chi connectivity index (χ0n) is 24.6. The molecular weight excluding hydrogens is 490 g/mol. The number of hydrogen-bond donors (Lipinski definition) is 2. The molecule has 0 fully saturated rings. The second-order valence-corrected chi connectivity index (χ2v) is 11.4. The fraction of sp³-hybridized carbons (Fsp3) is 0.606. The van der Waals surface area contributed by atoms with Gasteiger partial charge in [-0.2, -0.15) is 0 Å². The number of ether oxygens (including phenoxy) is 3. The Kier molecular flexibility index (Phi) is 12.3. The topological polar surface area (TPSA) is 77.0 Å². The number of esters is 1. The zero-order chi connectivity index (χ0) is 28.3. The molecule has 0 saturated carbocycles. The Balaban J connectivity index is 1.48. The van der Waals surface area contributed by atoms with E-state index in [2.05, 4.69) is 49.5 Å². The molecule has 1 aliphatic rings. The van der Waals surface area contributed by atoms with Crippen molar-refractivity contribution in [1.29, 1.82) is 0 Å². The van der Waals surface area contributed by atoms with E-state index in [0.717, 1.165) is 55.4 Å². The van der Waals surface area contributed by atoms with Gasteiger partial charge in [0.1, 0.15) is 5.75 Å². The molecule has 0 unspecified atom stereocenters. The van der Waals surface area contributed by atoms with E-state index < -0.39 is 6.10 Å². The number of rotatable bonds is 17. The molecule has 0 aromatic heterocycles. The molecule has 39 heavy (non-hydrogen) atoms. The van der Waals surface area contributed by atoms with Crippen LogP contribution in [-0.2, 0) is 33.5 Å². The second-order valence-electron chi connectivity index (χ2n) is 11.4. The van der Waals surface area contributed by atoms with E-state index in [1.807, 2.05) is 32.9 Å². The molecule has 3 rings (SSSR count). The third-order valence-electron chi connectivity index (χ3n) is 7.56. The first-order valence-corrected chi connectivity index (χ1v) is 14.7. The Morgan fingerprint density at radius 2 is 1.77 bits per heavy atom. The number of aliphatic hydroxyl groups is 1. The van der Waals surface area contributed by atoms with Crippen molar-refractivity contribution in [3.63, 3.8) is 0 Å². The lowest BCUT2D eigenvalue weighted by molar-refractivity contribution is -0.143. The summed E-state index contributed by atoms with van der Waals surface area (Å²) in [5.74, 6) is 1.35. The van der Waals surface area contributed by atoms with Gasteiger partial charge in [0, 0.05) is 18.5 Å². The number of carbonyl (C=O) groups is 1. The van der Waals surface area contributed by atoms with Crippen molar-refractivity contribution in [2.45, 2.75) is 97.3 Å². The van der Waals surface area contributed by atoms with Crippen molar-refractivity contribution in [2.75, 3.05) is 26.4 Å². The predicted octanol–water partition coefficient (Wildman–Crippen LogP) is 5.97. The Labute approximate surface area is 235 Å². The first-order valence-electron chi connectivity index (χ1n) is 14.7. The van der Waals surface area contributed by atoms with E-state index in [-0.39, 0.29) is 24.2 Å². The van der Waals surface area contributed by atoms with Crippen molar-refractivity contribution < 1.29 is 24.1 Å². The summed E-state index contributed by atoms with van der Waals surface area (Å²) < 4.78 is 17.1. The highest BCUT2D eigenvalue weighted by atomic mass is 16.5. The summed E-state index contributed by atoms with van der Waals surface area (Å²) in [7, 11) is 0. The SMILES string of the molecule is CCOC(=O)CCCCc1c(OCC)cccc1[C@@H](C)OC[C@H](O)CNC(C)(C)CC1Cc2ccccc2C1. The van der Waals surface area contributed by atoms with Crippen LogP contribution in [0.5, 0.6) is 5.75 Å². The fourth-order valence-corrected chi connectivity index (χ4v) is 5.71. The predicted molar refractivity (Wildman–Crippen MR) is 156 cm³/mol. The minimum atomic E-state index is -0.601. The number of fused-ring (bicyclic) bond motifs is 1. The molecule has 216 valence electrons. The van der Waals surface area contributed by atoms with Gasteiger partial charge in [-0.1, -0.05) is 36.4 Å². The number of nitrogens with one attached hydrogen (secondary N) is 1. The van der Waals surface area contributed by atoms with Crippen LogP contribution in [0.3, 0.4) is 0 Å². The molecule has 0 saturated heterocycles. The minimum absolute atomic E-state index is 0.0676. The average molecular weight is 540 g/mol. The van der Waals surface area contributed by atoms with Gasteiger partial charge in [0.05, 0.1) is 32.0 Å². The number of β-amino-alcohol motifs (C(OH)–C–C–N with tert-alkyl or cyclic N) is 1. The molecule has 0 radical (unpaired) electrons. The fourth-order valence-electron chi connectivity index (χ4n) is 5.71. The summed E-state index contributed by atoms with van der Waals surface area (Å²) in [6, 6.07) is 14.8. The van der Waals surface area contributed by atoms with E-state index in [4.69, 9.17) is 14.2 Å². The molecule has 1 aliphatic carbocycles. The minimum Gasteiger partial charge on any atom is -0.494 e. The molecular formula is C33H49NO5. The van der Waals surface area contributed by atoms with E-state index in [1.54, 1.807) is 0 Å². The van der Waals surface area contributed by atoms with Crippen LogP contribution in [-0.4, -0.2) is 49.1 Å². The third-order valence-corrected chi connectivity index (χ3v) is 7.56. The zero-order valence-corrected chi connectivity index (χ0v) is 24.6. The Morgan fingerprint density at radius 1 is 1.05 bits per heavy atom. The van der Waals surface area contributed by atoms with Gasteiger partial charge < -0.3 is 24.6 Å². The van der Waals surface area contributed by atoms with Crippen molar-refractivity contribution in [1.82, 2.24) is 5.32 Å². The third kappa shape index (κ3) is 9.93. The summed E-state index contributed by atoms with van der Waals surface area (Å²) in [6.07, 6.45) is 5.39. The molecule has 0 aliphatic heterocycles.